The Balaban J connectivity index is 0.00000113. The van der Waals surface area contributed by atoms with Crippen LogP contribution >= 0.6 is 0 Å². The van der Waals surface area contributed by atoms with Crippen molar-refractivity contribution in [3.63, 3.8) is 0 Å². The van der Waals surface area contributed by atoms with Crippen LogP contribution in [0.25, 0.3) is 0 Å². The molecular formula is C15H29NO13. The second-order valence-corrected chi connectivity index (χ2v) is 6.09. The van der Waals surface area contributed by atoms with Gasteiger partial charge in [-0.15, -0.1) is 0 Å². The Morgan fingerprint density at radius 1 is 1.03 bits per heavy atom. The first kappa shape index (κ1) is 27.7. The predicted molar refractivity (Wildman–Crippen MR) is 91.1 cm³/mol. The Hall–Kier alpha value is -1.30. The minimum absolute atomic E-state index is 0.0694. The first-order valence-corrected chi connectivity index (χ1v) is 8.53. The summed E-state index contributed by atoms with van der Waals surface area (Å²) in [5.74, 6) is -1.94. The molecule has 1 aliphatic heterocycles. The second-order valence-electron chi connectivity index (χ2n) is 6.09. The van der Waals surface area contributed by atoms with E-state index in [1.165, 1.54) is 0 Å². The smallest absolute Gasteiger partial charge is 0.304 e. The maximum atomic E-state index is 11.0. The molecular weight excluding hydrogens is 402 g/mol. The molecule has 1 heterocycles. The predicted octanol–water partition coefficient (Wildman–Crippen LogP) is -6.13. The summed E-state index contributed by atoms with van der Waals surface area (Å²) in [5.41, 5.74) is 4.85. The zero-order valence-corrected chi connectivity index (χ0v) is 15.4. The minimum Gasteiger partial charge on any atom is -0.481 e. The number of carbonyl (C=O) groups excluding carboxylic acids is 1. The Morgan fingerprint density at radius 2 is 1.62 bits per heavy atom. The average Bonchev–Trinajstić information content (AvgIpc) is 2.69. The van der Waals surface area contributed by atoms with Crippen molar-refractivity contribution in [2.45, 2.75) is 55.4 Å². The summed E-state index contributed by atoms with van der Waals surface area (Å²) in [6, 6.07) is 0. The van der Waals surface area contributed by atoms with Gasteiger partial charge in [0.15, 0.2) is 12.1 Å². The molecule has 14 heteroatoms. The van der Waals surface area contributed by atoms with Gasteiger partial charge in [0.05, 0.1) is 19.6 Å². The third kappa shape index (κ3) is 8.93. The number of Topliss-reactive ketones (excluding diaryl/α,β-unsaturated/α-hetero) is 1. The molecule has 0 aromatic carbocycles. The van der Waals surface area contributed by atoms with E-state index < -0.39 is 80.6 Å². The van der Waals surface area contributed by atoms with Crippen LogP contribution in [0.1, 0.15) is 6.42 Å². The lowest BCUT2D eigenvalue weighted by Crippen LogP contribution is -2.59. The third-order valence-electron chi connectivity index (χ3n) is 3.84. The number of hydrogen-bond donors (Lipinski definition) is 10. The molecule has 0 spiro atoms. The van der Waals surface area contributed by atoms with Gasteiger partial charge in [0.2, 0.25) is 0 Å². The van der Waals surface area contributed by atoms with Crippen LogP contribution in [0.5, 0.6) is 0 Å². The van der Waals surface area contributed by atoms with E-state index in [2.05, 4.69) is 0 Å². The fourth-order valence-electron chi connectivity index (χ4n) is 2.12. The van der Waals surface area contributed by atoms with Gasteiger partial charge < -0.3 is 61.2 Å². The van der Waals surface area contributed by atoms with Gasteiger partial charge in [-0.05, 0) is 0 Å². The number of ether oxygens (including phenoxy) is 2. The Kier molecular flexibility index (Phi) is 13.2. The zero-order valence-electron chi connectivity index (χ0n) is 15.4. The Labute approximate surface area is 165 Å². The van der Waals surface area contributed by atoms with Gasteiger partial charge in [0.25, 0.3) is 0 Å². The van der Waals surface area contributed by atoms with E-state index in [1.807, 2.05) is 0 Å². The number of aliphatic hydroxyl groups is 8. The lowest BCUT2D eigenvalue weighted by atomic mass is 9.99. The van der Waals surface area contributed by atoms with Crippen molar-refractivity contribution in [1.82, 2.24) is 0 Å². The summed E-state index contributed by atoms with van der Waals surface area (Å²) in [7, 11) is 0. The average molecular weight is 431 g/mol. The fraction of sp³-hybridized carbons (Fsp3) is 0.867. The topological polar surface area (TPSA) is 261 Å². The number of carbonyl (C=O) groups is 2. The van der Waals surface area contributed by atoms with Crippen LogP contribution in [0.4, 0.5) is 0 Å². The first-order chi connectivity index (χ1) is 13.5. The largest absolute Gasteiger partial charge is 0.481 e. The van der Waals surface area contributed by atoms with E-state index in [1.54, 1.807) is 0 Å². The molecule has 1 fully saturated rings. The van der Waals surface area contributed by atoms with Crippen LogP contribution in [0.2, 0.25) is 0 Å². The van der Waals surface area contributed by atoms with E-state index in [4.69, 9.17) is 30.5 Å². The van der Waals surface area contributed by atoms with E-state index in [0.717, 1.165) is 0 Å². The van der Waals surface area contributed by atoms with Crippen LogP contribution in [0, 0.1) is 0 Å². The van der Waals surface area contributed by atoms with Crippen LogP contribution in [0.3, 0.4) is 0 Å². The molecule has 8 atom stereocenters. The van der Waals surface area contributed by atoms with Gasteiger partial charge >= 0.3 is 5.97 Å². The molecule has 0 bridgehead atoms. The normalized spacial score (nSPS) is 29.9. The van der Waals surface area contributed by atoms with Crippen LogP contribution < -0.4 is 5.73 Å². The molecule has 0 unspecified atom stereocenters. The second kappa shape index (κ2) is 13.8. The molecule has 0 saturated carbocycles. The number of rotatable bonds is 10. The van der Waals surface area contributed by atoms with Crippen molar-refractivity contribution in [3.05, 3.63) is 0 Å². The number of hydrogen-bond acceptors (Lipinski definition) is 13. The zero-order chi connectivity index (χ0) is 22.7. The maximum absolute atomic E-state index is 11.0. The van der Waals surface area contributed by atoms with Crippen LogP contribution in [0.15, 0.2) is 0 Å². The molecule has 0 aromatic heterocycles. The first-order valence-electron chi connectivity index (χ1n) is 8.53. The van der Waals surface area contributed by atoms with Crippen molar-refractivity contribution >= 4 is 11.8 Å². The van der Waals surface area contributed by atoms with Gasteiger partial charge in [0, 0.05) is 6.54 Å². The summed E-state index contributed by atoms with van der Waals surface area (Å²) >= 11 is 0. The third-order valence-corrected chi connectivity index (χ3v) is 3.84. The van der Waals surface area contributed by atoms with Crippen molar-refractivity contribution in [1.29, 1.82) is 0 Å². The Bertz CT molecular complexity index is 491. The summed E-state index contributed by atoms with van der Waals surface area (Å²) in [6.07, 6.45) is -13.4. The fourth-order valence-corrected chi connectivity index (χ4v) is 2.12. The highest BCUT2D eigenvalue weighted by atomic mass is 16.7. The summed E-state index contributed by atoms with van der Waals surface area (Å²) in [4.78, 5) is 20.5. The monoisotopic (exact) mass is 431 g/mol. The van der Waals surface area contributed by atoms with Crippen molar-refractivity contribution in [3.8, 4) is 0 Å². The molecule has 1 rings (SSSR count). The molecule has 0 amide bonds. The number of aliphatic carboxylic acids is 1. The van der Waals surface area contributed by atoms with Crippen LogP contribution in [-0.2, 0) is 19.1 Å². The van der Waals surface area contributed by atoms with Gasteiger partial charge in [-0.2, -0.15) is 0 Å². The number of ketones is 1. The van der Waals surface area contributed by atoms with Gasteiger partial charge in [0.1, 0.15) is 49.3 Å². The highest BCUT2D eigenvalue weighted by molar-refractivity contribution is 5.84. The lowest BCUT2D eigenvalue weighted by molar-refractivity contribution is -0.306. The number of aliphatic hydroxyl groups excluding tert-OH is 8. The molecule has 1 aliphatic rings. The highest BCUT2D eigenvalue weighted by Gasteiger charge is 2.44. The van der Waals surface area contributed by atoms with Crippen molar-refractivity contribution in [2.24, 2.45) is 5.73 Å². The number of carboxylic acid groups (broad SMARTS) is 1. The summed E-state index contributed by atoms with van der Waals surface area (Å²) in [5, 5.41) is 82.7. The van der Waals surface area contributed by atoms with Gasteiger partial charge in [-0.3, -0.25) is 9.59 Å². The van der Waals surface area contributed by atoms with Crippen molar-refractivity contribution < 1.29 is 65.0 Å². The molecule has 0 aliphatic carbocycles. The molecule has 11 N–H and O–H groups in total. The molecule has 0 aromatic rings. The standard InChI is InChI=1S/C12H22O11.C3H7NO2/c13-1-4(15)7(17)8(18)5(16)3-22-12-11(21)10(20)9(19)6(2-14)23-12;4-2-1-3(5)6/h5-14,16-21H,1-3H2;1-2,4H2,(H,5,6)/t5-,6-,7-,8-,9-,10+,11-,12+;/m1./s1. The maximum Gasteiger partial charge on any atom is 0.304 e. The summed E-state index contributed by atoms with van der Waals surface area (Å²) in [6.45, 7) is -2.17. The molecule has 172 valence electrons. The van der Waals surface area contributed by atoms with E-state index >= 15 is 0 Å². The SMILES string of the molecule is NCCC(=O)O.O=C(CO)[C@@H](O)[C@H](O)[C@H](O)CO[C@H]1O[C@H](CO)[C@@H](O)[C@H](O)[C@H]1O. The molecule has 14 nitrogen and oxygen atoms in total. The van der Waals surface area contributed by atoms with E-state index in [0.29, 0.717) is 0 Å². The number of nitrogens with two attached hydrogens (primary N) is 1. The Morgan fingerprint density at radius 3 is 2.03 bits per heavy atom. The minimum atomic E-state index is -2.03. The van der Waals surface area contributed by atoms with Gasteiger partial charge in [-0.25, -0.2) is 0 Å². The summed E-state index contributed by atoms with van der Waals surface area (Å²) < 4.78 is 9.94. The lowest BCUT2D eigenvalue weighted by Gasteiger charge is -2.40. The van der Waals surface area contributed by atoms with Gasteiger partial charge in [-0.1, -0.05) is 0 Å². The highest BCUT2D eigenvalue weighted by Crippen LogP contribution is 2.22. The van der Waals surface area contributed by atoms with E-state index in [9.17, 15) is 40.2 Å². The number of carboxylic acids is 1. The molecule has 1 saturated heterocycles. The van der Waals surface area contributed by atoms with E-state index in [-0.39, 0.29) is 13.0 Å². The van der Waals surface area contributed by atoms with Crippen molar-refractivity contribution in [2.75, 3.05) is 26.4 Å². The quantitative estimate of drug-likeness (QED) is 0.154. The molecule has 29 heavy (non-hydrogen) atoms. The molecule has 0 radical (unpaired) electrons. The van der Waals surface area contributed by atoms with Crippen LogP contribution in [-0.4, -0.2) is 133 Å².